The van der Waals surface area contributed by atoms with Crippen LogP contribution in [-0.2, 0) is 44.7 Å². The summed E-state index contributed by atoms with van der Waals surface area (Å²) < 4.78 is 23.7. The fourth-order valence-electron chi connectivity index (χ4n) is 5.84. The van der Waals surface area contributed by atoms with E-state index < -0.39 is 65.4 Å². The van der Waals surface area contributed by atoms with Crippen LogP contribution in [0.2, 0.25) is 0 Å². The summed E-state index contributed by atoms with van der Waals surface area (Å²) in [6, 6.07) is 5.98. The number of aliphatic hydroxyl groups is 1. The third-order valence-electron chi connectivity index (χ3n) is 7.45. The molecule has 0 aromatic heterocycles. The molecule has 7 atom stereocenters. The zero-order chi connectivity index (χ0) is 27.2. The van der Waals surface area contributed by atoms with Crippen LogP contribution in [-0.4, -0.2) is 83.5 Å². The van der Waals surface area contributed by atoms with Crippen LogP contribution in [0.25, 0.3) is 0 Å². The molecule has 12 heteroatoms. The second kappa shape index (κ2) is 10.6. The highest BCUT2D eigenvalue weighted by atomic mass is 127. The van der Waals surface area contributed by atoms with Gasteiger partial charge in [0.1, 0.15) is 42.2 Å². The first kappa shape index (κ1) is 27.7. The lowest BCUT2D eigenvalue weighted by Gasteiger charge is -2.49. The van der Waals surface area contributed by atoms with E-state index >= 15 is 0 Å². The number of amides is 1. The van der Waals surface area contributed by atoms with Crippen molar-refractivity contribution in [3.8, 4) is 0 Å². The maximum absolute atomic E-state index is 14.1. The van der Waals surface area contributed by atoms with Gasteiger partial charge in [-0.2, -0.15) is 5.06 Å². The van der Waals surface area contributed by atoms with Crippen molar-refractivity contribution in [2.75, 3.05) is 13.4 Å². The molecule has 1 aliphatic carbocycles. The monoisotopic (exact) mass is 644 g/mol. The highest BCUT2D eigenvalue weighted by Gasteiger charge is 2.74. The number of aliphatic hydroxyl groups excluding tert-OH is 1. The largest absolute Gasteiger partial charge is 0.460 e. The SMILES string of the molecule is CC(C)(C)OC(=O)CC[C@@H](CO)NC(=O)[C@@]12C[C@H]3OC(=O)[C@@H]1N(Cc1ccccc1I)O[C@@H]2[C@H]1OCO[C@H]13. The van der Waals surface area contributed by atoms with Crippen molar-refractivity contribution in [3.63, 3.8) is 0 Å². The molecule has 38 heavy (non-hydrogen) atoms. The molecule has 1 aromatic carbocycles. The molecule has 4 fully saturated rings. The van der Waals surface area contributed by atoms with Crippen LogP contribution in [0.1, 0.15) is 45.6 Å². The van der Waals surface area contributed by atoms with Crippen LogP contribution in [0.3, 0.4) is 0 Å². The van der Waals surface area contributed by atoms with Crippen LogP contribution >= 0.6 is 22.6 Å². The van der Waals surface area contributed by atoms with E-state index in [1.807, 2.05) is 24.3 Å². The minimum Gasteiger partial charge on any atom is -0.460 e. The Hall–Kier alpha value is -1.84. The Morgan fingerprint density at radius 2 is 2.00 bits per heavy atom. The van der Waals surface area contributed by atoms with Gasteiger partial charge in [-0.25, -0.2) is 0 Å². The van der Waals surface area contributed by atoms with Gasteiger partial charge in [0.25, 0.3) is 0 Å². The summed E-state index contributed by atoms with van der Waals surface area (Å²) in [7, 11) is 0. The Morgan fingerprint density at radius 1 is 1.26 bits per heavy atom. The molecule has 208 valence electrons. The predicted octanol–water partition coefficient (Wildman–Crippen LogP) is 1.43. The molecule has 3 heterocycles. The third kappa shape index (κ3) is 5.06. The highest BCUT2D eigenvalue weighted by molar-refractivity contribution is 14.1. The third-order valence-corrected chi connectivity index (χ3v) is 8.50. The van der Waals surface area contributed by atoms with Crippen molar-refractivity contribution in [3.05, 3.63) is 33.4 Å². The number of halogens is 1. The number of hydrogen-bond acceptors (Lipinski definition) is 10. The number of fused-ring (bicyclic) bond motifs is 4. The number of rotatable bonds is 8. The Morgan fingerprint density at radius 3 is 2.71 bits per heavy atom. The molecule has 2 N–H and O–H groups in total. The fourth-order valence-corrected chi connectivity index (χ4v) is 6.40. The first-order chi connectivity index (χ1) is 18.0. The van der Waals surface area contributed by atoms with Crippen molar-refractivity contribution in [1.82, 2.24) is 10.4 Å². The van der Waals surface area contributed by atoms with Crippen LogP contribution in [0.5, 0.6) is 0 Å². The predicted molar refractivity (Wildman–Crippen MR) is 139 cm³/mol. The summed E-state index contributed by atoms with van der Waals surface area (Å²) in [5.41, 5.74) is -1.03. The number of carbonyl (C=O) groups is 3. The molecule has 0 radical (unpaired) electrons. The number of nitrogens with zero attached hydrogens (tertiary/aromatic N) is 1. The van der Waals surface area contributed by atoms with Crippen molar-refractivity contribution in [1.29, 1.82) is 0 Å². The van der Waals surface area contributed by atoms with Crippen LogP contribution in [0.15, 0.2) is 24.3 Å². The molecule has 0 spiro atoms. The van der Waals surface area contributed by atoms with E-state index in [0.717, 1.165) is 9.13 Å². The van der Waals surface area contributed by atoms with Gasteiger partial charge in [0.05, 0.1) is 19.2 Å². The number of nitrogens with one attached hydrogen (secondary N) is 1. The molecule has 0 unspecified atom stereocenters. The molecule has 1 aromatic rings. The van der Waals surface area contributed by atoms with E-state index in [-0.39, 0.29) is 39.2 Å². The molecule has 11 nitrogen and oxygen atoms in total. The molecule has 3 aliphatic heterocycles. The van der Waals surface area contributed by atoms with Gasteiger partial charge in [0.2, 0.25) is 5.91 Å². The van der Waals surface area contributed by atoms with Gasteiger partial charge in [-0.3, -0.25) is 19.2 Å². The minimum atomic E-state index is -1.32. The number of esters is 2. The first-order valence-electron chi connectivity index (χ1n) is 12.8. The van der Waals surface area contributed by atoms with Gasteiger partial charge < -0.3 is 29.4 Å². The van der Waals surface area contributed by atoms with Crippen molar-refractivity contribution in [2.24, 2.45) is 5.41 Å². The average Bonchev–Trinajstić information content (AvgIpc) is 3.46. The zero-order valence-electron chi connectivity index (χ0n) is 21.6. The molecule has 1 amide bonds. The van der Waals surface area contributed by atoms with Gasteiger partial charge in [-0.05, 0) is 61.4 Å². The Balaban J connectivity index is 1.41. The normalized spacial score (nSPS) is 32.9. The van der Waals surface area contributed by atoms with Crippen molar-refractivity contribution < 1.29 is 43.3 Å². The molecule has 2 bridgehead atoms. The van der Waals surface area contributed by atoms with E-state index in [4.69, 9.17) is 23.8 Å². The Labute approximate surface area is 234 Å². The number of hydrogen-bond donors (Lipinski definition) is 2. The summed E-state index contributed by atoms with van der Waals surface area (Å²) in [6.45, 7) is 5.21. The molecule has 1 saturated carbocycles. The minimum absolute atomic E-state index is 0.0113. The quantitative estimate of drug-likeness (QED) is 0.317. The van der Waals surface area contributed by atoms with E-state index in [9.17, 15) is 19.5 Å². The van der Waals surface area contributed by atoms with Gasteiger partial charge in [0, 0.05) is 16.4 Å². The van der Waals surface area contributed by atoms with Crippen molar-refractivity contribution >= 4 is 40.4 Å². The standard InChI is InChI=1S/C26H33IN2O9/c1-25(2,3)37-18(31)9-8-15(12-30)28-24(33)26-10-17-19-20(35-13-34-19)22(26)38-29(21(26)23(32)36-17)11-14-6-4-5-7-16(14)27/h4-7,15,17,19-22,30H,8-13H2,1-3H3,(H,28,33)/t15-,17+,19-,20-,21-,22+,26-/m0/s1. The van der Waals surface area contributed by atoms with Crippen molar-refractivity contribution in [2.45, 2.75) is 88.7 Å². The first-order valence-corrected chi connectivity index (χ1v) is 13.9. The lowest BCUT2D eigenvalue weighted by atomic mass is 9.62. The maximum Gasteiger partial charge on any atom is 0.327 e. The van der Waals surface area contributed by atoms with Gasteiger partial charge in [-0.1, -0.05) is 18.2 Å². The van der Waals surface area contributed by atoms with E-state index in [1.165, 1.54) is 5.06 Å². The summed E-state index contributed by atoms with van der Waals surface area (Å²) >= 11 is 2.22. The number of hydroxylamine groups is 2. The van der Waals surface area contributed by atoms with Gasteiger partial charge in [-0.15, -0.1) is 0 Å². The second-order valence-corrected chi connectivity index (χ2v) is 12.3. The highest BCUT2D eigenvalue weighted by Crippen LogP contribution is 2.55. The number of benzene rings is 1. The van der Waals surface area contributed by atoms with E-state index in [1.54, 1.807) is 20.8 Å². The number of ether oxygens (including phenoxy) is 4. The second-order valence-electron chi connectivity index (χ2n) is 11.2. The Kier molecular flexibility index (Phi) is 7.74. The van der Waals surface area contributed by atoms with Gasteiger partial charge in [0.15, 0.2) is 6.04 Å². The number of carbonyl (C=O) groups excluding carboxylic acids is 3. The summed E-state index contributed by atoms with van der Waals surface area (Å²) in [6.07, 6.45) is -2.22. The average molecular weight is 644 g/mol. The molecule has 3 saturated heterocycles. The summed E-state index contributed by atoms with van der Waals surface area (Å²) in [5.74, 6) is -1.43. The van der Waals surface area contributed by atoms with Crippen LogP contribution in [0, 0.1) is 8.99 Å². The van der Waals surface area contributed by atoms with E-state index in [2.05, 4.69) is 27.9 Å². The smallest absolute Gasteiger partial charge is 0.327 e. The van der Waals surface area contributed by atoms with Crippen LogP contribution in [0.4, 0.5) is 0 Å². The molecular formula is C26H33IN2O9. The van der Waals surface area contributed by atoms with Crippen LogP contribution < -0.4 is 5.32 Å². The van der Waals surface area contributed by atoms with E-state index in [0.29, 0.717) is 0 Å². The lowest BCUT2D eigenvalue weighted by molar-refractivity contribution is -0.201. The summed E-state index contributed by atoms with van der Waals surface area (Å²) in [4.78, 5) is 46.1. The molecular weight excluding hydrogens is 611 g/mol. The molecule has 5 rings (SSSR count). The zero-order valence-corrected chi connectivity index (χ0v) is 23.7. The van der Waals surface area contributed by atoms with Gasteiger partial charge >= 0.3 is 11.9 Å². The lowest BCUT2D eigenvalue weighted by Crippen LogP contribution is -2.70. The Bertz CT molecular complexity index is 1090. The summed E-state index contributed by atoms with van der Waals surface area (Å²) in [5, 5.41) is 14.4. The molecule has 4 aliphatic rings. The maximum atomic E-state index is 14.1. The fraction of sp³-hybridized carbons (Fsp3) is 0.654. The topological polar surface area (TPSA) is 133 Å².